The van der Waals surface area contributed by atoms with Crippen LogP contribution < -0.4 is 0 Å². The Kier molecular flexibility index (Phi) is 5.32. The average Bonchev–Trinajstić information content (AvgIpc) is 3.30. The van der Waals surface area contributed by atoms with Gasteiger partial charge < -0.3 is 10.2 Å². The van der Waals surface area contributed by atoms with Gasteiger partial charge in [-0.15, -0.1) is 11.3 Å². The lowest BCUT2D eigenvalue weighted by molar-refractivity contribution is 0.475. The summed E-state index contributed by atoms with van der Waals surface area (Å²) in [5, 5.41) is 21.8. The van der Waals surface area contributed by atoms with E-state index >= 15 is 0 Å². The number of phenolic OH excluding ortho intramolecular Hbond substituents is 2. The number of hydrogen-bond acceptors (Lipinski definition) is 3. The maximum Gasteiger partial charge on any atom is 0.123 e. The highest BCUT2D eigenvalue weighted by molar-refractivity contribution is 7.23. The molecule has 168 valence electrons. The molecule has 0 aliphatic heterocycles. The minimum Gasteiger partial charge on any atom is -0.508 e. The van der Waals surface area contributed by atoms with Crippen molar-refractivity contribution in [2.75, 3.05) is 0 Å². The number of fused-ring (bicyclic) bond motifs is 1. The van der Waals surface area contributed by atoms with Crippen molar-refractivity contribution in [3.63, 3.8) is 0 Å². The van der Waals surface area contributed by atoms with Crippen LogP contribution in [0.4, 0.5) is 0 Å². The van der Waals surface area contributed by atoms with Gasteiger partial charge in [-0.2, -0.15) is 0 Å². The predicted octanol–water partition coefficient (Wildman–Crippen LogP) is 8.98. The Labute approximate surface area is 208 Å². The molecule has 3 heteroatoms. The monoisotopic (exact) mass is 470 g/mol. The molecule has 0 atom stereocenters. The van der Waals surface area contributed by atoms with E-state index in [4.69, 9.17) is 0 Å². The third-order valence-electron chi connectivity index (χ3n) is 6.32. The van der Waals surface area contributed by atoms with E-state index in [2.05, 4.69) is 60.7 Å². The van der Waals surface area contributed by atoms with E-state index in [0.29, 0.717) is 0 Å². The van der Waals surface area contributed by atoms with Gasteiger partial charge in [0, 0.05) is 26.1 Å². The number of aromatic hydroxyl groups is 2. The summed E-state index contributed by atoms with van der Waals surface area (Å²) in [5.74, 6) is 0.510. The lowest BCUT2D eigenvalue weighted by Gasteiger charge is -2.14. The molecule has 0 saturated heterocycles. The van der Waals surface area contributed by atoms with Gasteiger partial charge in [-0.3, -0.25) is 0 Å². The number of benzene rings is 5. The Morgan fingerprint density at radius 1 is 0.457 bits per heavy atom. The molecule has 0 saturated carbocycles. The minimum absolute atomic E-state index is 0.246. The van der Waals surface area contributed by atoms with Crippen molar-refractivity contribution in [1.82, 2.24) is 0 Å². The molecule has 0 aliphatic carbocycles. The molecule has 0 amide bonds. The maximum atomic E-state index is 10.7. The van der Waals surface area contributed by atoms with Crippen molar-refractivity contribution in [3.8, 4) is 55.3 Å². The maximum absolute atomic E-state index is 10.7. The van der Waals surface area contributed by atoms with Crippen LogP contribution in [0, 0.1) is 0 Å². The van der Waals surface area contributed by atoms with Crippen molar-refractivity contribution in [2.45, 2.75) is 0 Å². The summed E-state index contributed by atoms with van der Waals surface area (Å²) in [4.78, 5) is 1.13. The first-order valence-corrected chi connectivity index (χ1v) is 12.3. The third kappa shape index (κ3) is 3.76. The Balaban J connectivity index is 1.74. The average molecular weight is 471 g/mol. The Morgan fingerprint density at radius 2 is 1.09 bits per heavy atom. The van der Waals surface area contributed by atoms with Crippen molar-refractivity contribution in [3.05, 3.63) is 121 Å². The molecule has 5 aromatic carbocycles. The van der Waals surface area contributed by atoms with Gasteiger partial charge in [-0.25, -0.2) is 0 Å². The summed E-state index contributed by atoms with van der Waals surface area (Å²) in [6, 6.07) is 40.1. The number of rotatable bonds is 4. The number of para-hydroxylation sites is 1. The topological polar surface area (TPSA) is 40.5 Å². The smallest absolute Gasteiger partial charge is 0.123 e. The van der Waals surface area contributed by atoms with Gasteiger partial charge in [0.05, 0.1) is 0 Å². The highest BCUT2D eigenvalue weighted by atomic mass is 32.1. The lowest BCUT2D eigenvalue weighted by atomic mass is 9.89. The van der Waals surface area contributed by atoms with Gasteiger partial charge in [0.2, 0.25) is 0 Å². The predicted molar refractivity (Wildman–Crippen MR) is 147 cm³/mol. The minimum atomic E-state index is 0.246. The molecular weight excluding hydrogens is 448 g/mol. The van der Waals surface area contributed by atoms with E-state index in [9.17, 15) is 10.2 Å². The zero-order chi connectivity index (χ0) is 23.8. The lowest BCUT2D eigenvalue weighted by Crippen LogP contribution is -1.88. The fraction of sp³-hybridized carbons (Fsp3) is 0. The Morgan fingerprint density at radius 3 is 1.83 bits per heavy atom. The van der Waals surface area contributed by atoms with Crippen LogP contribution in [0.3, 0.4) is 0 Å². The second-order valence-corrected chi connectivity index (χ2v) is 9.51. The molecule has 1 heterocycles. The first-order chi connectivity index (χ1) is 17.2. The largest absolute Gasteiger partial charge is 0.508 e. The summed E-state index contributed by atoms with van der Waals surface area (Å²) in [7, 11) is 0. The van der Waals surface area contributed by atoms with Crippen LogP contribution in [0.1, 0.15) is 0 Å². The van der Waals surface area contributed by atoms with E-state index in [1.54, 1.807) is 29.5 Å². The fourth-order valence-electron chi connectivity index (χ4n) is 4.72. The van der Waals surface area contributed by atoms with E-state index in [1.807, 2.05) is 42.5 Å². The second-order valence-electron chi connectivity index (χ2n) is 8.46. The summed E-state index contributed by atoms with van der Waals surface area (Å²) in [5.41, 5.74) is 7.43. The first kappa shape index (κ1) is 21.2. The van der Waals surface area contributed by atoms with E-state index in [-0.39, 0.29) is 11.5 Å². The Bertz CT molecular complexity index is 1650. The van der Waals surface area contributed by atoms with Crippen LogP contribution in [0.15, 0.2) is 121 Å². The highest BCUT2D eigenvalue weighted by Gasteiger charge is 2.22. The van der Waals surface area contributed by atoms with Crippen LogP contribution in [0.2, 0.25) is 0 Å². The molecule has 0 fully saturated rings. The van der Waals surface area contributed by atoms with Crippen molar-refractivity contribution in [1.29, 1.82) is 0 Å². The molecule has 0 spiro atoms. The first-order valence-electron chi connectivity index (χ1n) is 11.5. The molecule has 2 nitrogen and oxygen atoms in total. The molecule has 1 aromatic heterocycles. The van der Waals surface area contributed by atoms with Gasteiger partial charge in [0.25, 0.3) is 0 Å². The third-order valence-corrected chi connectivity index (χ3v) is 7.52. The molecule has 0 unspecified atom stereocenters. The van der Waals surface area contributed by atoms with E-state index < -0.39 is 0 Å². The summed E-state index contributed by atoms with van der Waals surface area (Å²) >= 11 is 1.73. The zero-order valence-electron chi connectivity index (χ0n) is 18.8. The zero-order valence-corrected chi connectivity index (χ0v) is 19.7. The van der Waals surface area contributed by atoms with Crippen LogP contribution in [-0.4, -0.2) is 10.2 Å². The SMILES string of the molecule is Oc1ccc(-c2sc3cccc(-c4ccccc4O)c3c2-c2ccccc2-c2ccccc2)cc1. The van der Waals surface area contributed by atoms with Gasteiger partial charge in [0.1, 0.15) is 11.5 Å². The summed E-state index contributed by atoms with van der Waals surface area (Å²) in [6.07, 6.45) is 0. The summed E-state index contributed by atoms with van der Waals surface area (Å²) in [6.45, 7) is 0. The second kappa shape index (κ2) is 8.79. The van der Waals surface area contributed by atoms with Crippen molar-refractivity contribution >= 4 is 21.4 Å². The van der Waals surface area contributed by atoms with Crippen LogP contribution in [-0.2, 0) is 0 Å². The van der Waals surface area contributed by atoms with Crippen LogP contribution in [0.25, 0.3) is 53.9 Å². The quantitative estimate of drug-likeness (QED) is 0.270. The number of phenols is 2. The highest BCUT2D eigenvalue weighted by Crippen LogP contribution is 2.51. The molecule has 6 aromatic rings. The molecule has 0 bridgehead atoms. The van der Waals surface area contributed by atoms with Crippen molar-refractivity contribution < 1.29 is 10.2 Å². The van der Waals surface area contributed by atoms with Gasteiger partial charge in [-0.05, 0) is 64.2 Å². The fourth-order valence-corrected chi connectivity index (χ4v) is 5.97. The molecule has 35 heavy (non-hydrogen) atoms. The number of thiophene rings is 1. The van der Waals surface area contributed by atoms with E-state index in [1.165, 1.54) is 0 Å². The van der Waals surface area contributed by atoms with Crippen LogP contribution in [0.5, 0.6) is 11.5 Å². The molecule has 2 N–H and O–H groups in total. The molecule has 6 rings (SSSR count). The van der Waals surface area contributed by atoms with Crippen molar-refractivity contribution in [2.24, 2.45) is 0 Å². The standard InChI is InChI=1S/C32H22O2S/c33-23-19-17-22(18-20-23)32-31(26-13-5-4-11-24(26)21-9-2-1-3-10-21)30-27(14-8-16-29(30)35-32)25-12-6-7-15-28(25)34/h1-20,33-34H. The number of hydrogen-bond donors (Lipinski definition) is 2. The van der Waals surface area contributed by atoms with Crippen LogP contribution >= 0.6 is 11.3 Å². The van der Waals surface area contributed by atoms with Gasteiger partial charge in [-0.1, -0.05) is 84.9 Å². The van der Waals surface area contributed by atoms with E-state index in [0.717, 1.165) is 53.9 Å². The normalized spacial score (nSPS) is 11.1. The summed E-state index contributed by atoms with van der Waals surface area (Å²) < 4.78 is 1.15. The van der Waals surface area contributed by atoms with Gasteiger partial charge in [0.15, 0.2) is 0 Å². The Hall–Kier alpha value is -4.34. The molecular formula is C32H22O2S. The molecule has 0 aliphatic rings. The van der Waals surface area contributed by atoms with Gasteiger partial charge >= 0.3 is 0 Å². The molecule has 0 radical (unpaired) electrons.